The highest BCUT2D eigenvalue weighted by molar-refractivity contribution is 5.66. The summed E-state index contributed by atoms with van der Waals surface area (Å²) in [5.74, 6) is -0.545. The Bertz CT molecular complexity index is 1360. The van der Waals surface area contributed by atoms with E-state index in [2.05, 4.69) is 40.7 Å². The SMILES string of the molecule is CC(=O)O[C@H]1[C@H](O[C@H]2C[C@H]3[C@@H]4CC=C5C[C@@H](O[C@@H]6O[C@H](CO)[C@@H](O)[C@H](O)[C@H]6O)CC[C@]5(C)[C@H]4[C@H](O)C[C@]3(C)[C@H]2[C@H](C)[C@@H](O)CCC(C)C)O[C@@H](C)[C@H](O)[C@H]1O. The number of fused-ring (bicyclic) bond motifs is 5. The molecule has 0 amide bonds. The third-order valence-corrected chi connectivity index (χ3v) is 14.9. The van der Waals surface area contributed by atoms with E-state index >= 15 is 0 Å². The lowest BCUT2D eigenvalue weighted by Crippen LogP contribution is -2.60. The van der Waals surface area contributed by atoms with E-state index in [1.54, 1.807) is 6.92 Å². The second-order valence-corrected chi connectivity index (χ2v) is 18.8. The highest BCUT2D eigenvalue weighted by atomic mass is 16.7. The van der Waals surface area contributed by atoms with Crippen LogP contribution in [0.2, 0.25) is 0 Å². The van der Waals surface area contributed by atoms with Crippen LogP contribution in [0.1, 0.15) is 99.8 Å². The molecule has 0 unspecified atom stereocenters. The van der Waals surface area contributed by atoms with Crippen molar-refractivity contribution < 1.29 is 69.3 Å². The van der Waals surface area contributed by atoms with Crippen molar-refractivity contribution in [3.63, 3.8) is 0 Å². The quantitative estimate of drug-likeness (QED) is 0.110. The van der Waals surface area contributed by atoms with E-state index in [0.717, 1.165) is 6.42 Å². The average molecular weight is 785 g/mol. The fraction of sp³-hybridized carbons (Fsp3) is 0.927. The number of rotatable bonds is 11. The van der Waals surface area contributed by atoms with Crippen LogP contribution < -0.4 is 0 Å². The highest BCUT2D eigenvalue weighted by Gasteiger charge is 2.66. The van der Waals surface area contributed by atoms with Crippen LogP contribution in [0.25, 0.3) is 0 Å². The van der Waals surface area contributed by atoms with Gasteiger partial charge in [0.25, 0.3) is 0 Å². The van der Waals surface area contributed by atoms with Crippen LogP contribution in [-0.4, -0.2) is 139 Å². The van der Waals surface area contributed by atoms with E-state index in [-0.39, 0.29) is 41.1 Å². The maximum Gasteiger partial charge on any atom is 0.303 e. The summed E-state index contributed by atoms with van der Waals surface area (Å²) in [4.78, 5) is 12.2. The first-order chi connectivity index (χ1) is 25.8. The molecule has 2 saturated heterocycles. The van der Waals surface area contributed by atoms with Gasteiger partial charge in [-0.05, 0) is 105 Å². The van der Waals surface area contributed by atoms with Gasteiger partial charge < -0.3 is 64.5 Å². The van der Waals surface area contributed by atoms with E-state index in [0.29, 0.717) is 50.9 Å². The summed E-state index contributed by atoms with van der Waals surface area (Å²) in [6, 6.07) is 0. The van der Waals surface area contributed by atoms with E-state index in [1.165, 1.54) is 12.5 Å². The number of allylic oxidation sites excluding steroid dienone is 1. The Balaban J connectivity index is 1.26. The molecule has 0 aromatic carbocycles. The molecule has 0 aromatic rings. The Morgan fingerprint density at radius 1 is 0.945 bits per heavy atom. The first kappa shape index (κ1) is 43.3. The Kier molecular flexibility index (Phi) is 13.2. The molecule has 14 heteroatoms. The van der Waals surface area contributed by atoms with Gasteiger partial charge in [0.1, 0.15) is 36.6 Å². The van der Waals surface area contributed by atoms with Crippen LogP contribution in [0.15, 0.2) is 11.6 Å². The molecule has 5 fully saturated rings. The molecule has 0 bridgehead atoms. The third kappa shape index (κ3) is 8.06. The number of hydrogen-bond acceptors (Lipinski definition) is 14. The maximum atomic E-state index is 12.3. The van der Waals surface area contributed by atoms with Crippen LogP contribution in [-0.2, 0) is 28.5 Å². The summed E-state index contributed by atoms with van der Waals surface area (Å²) in [6.07, 6.45) is -7.31. The van der Waals surface area contributed by atoms with Gasteiger partial charge >= 0.3 is 5.97 Å². The number of aliphatic hydroxyl groups excluding tert-OH is 8. The Hall–Kier alpha value is -1.27. The molecule has 14 nitrogen and oxygen atoms in total. The van der Waals surface area contributed by atoms with E-state index in [9.17, 15) is 45.6 Å². The number of carbonyl (C=O) groups excluding carboxylic acids is 1. The summed E-state index contributed by atoms with van der Waals surface area (Å²) in [6.45, 7) is 13.1. The molecule has 8 N–H and O–H groups in total. The zero-order valence-electron chi connectivity index (χ0n) is 33.5. The van der Waals surface area contributed by atoms with Gasteiger partial charge in [-0.3, -0.25) is 4.79 Å². The maximum absolute atomic E-state index is 12.3. The van der Waals surface area contributed by atoms with Crippen molar-refractivity contribution in [3.8, 4) is 0 Å². The summed E-state index contributed by atoms with van der Waals surface area (Å²) in [5, 5.41) is 86.5. The van der Waals surface area contributed by atoms with Gasteiger partial charge in [-0.1, -0.05) is 46.3 Å². The van der Waals surface area contributed by atoms with Gasteiger partial charge in [0.05, 0.1) is 37.1 Å². The molecule has 316 valence electrons. The Labute approximate surface area is 325 Å². The van der Waals surface area contributed by atoms with Crippen LogP contribution in [0.4, 0.5) is 0 Å². The Morgan fingerprint density at radius 3 is 2.31 bits per heavy atom. The van der Waals surface area contributed by atoms with E-state index < -0.39 is 97.7 Å². The predicted molar refractivity (Wildman–Crippen MR) is 197 cm³/mol. The van der Waals surface area contributed by atoms with Gasteiger partial charge in [-0.2, -0.15) is 0 Å². The lowest BCUT2D eigenvalue weighted by atomic mass is 9.46. The first-order valence-corrected chi connectivity index (χ1v) is 20.7. The van der Waals surface area contributed by atoms with Gasteiger partial charge in [0, 0.05) is 6.92 Å². The van der Waals surface area contributed by atoms with Crippen molar-refractivity contribution in [1.29, 1.82) is 0 Å². The predicted octanol–water partition coefficient (Wildman–Crippen LogP) is 1.55. The lowest BCUT2D eigenvalue weighted by molar-refractivity contribution is -0.313. The third-order valence-electron chi connectivity index (χ3n) is 14.9. The molecule has 55 heavy (non-hydrogen) atoms. The molecule has 4 aliphatic carbocycles. The molecular weight excluding hydrogens is 716 g/mol. The summed E-state index contributed by atoms with van der Waals surface area (Å²) < 4.78 is 30.3. The molecular formula is C41H68O14. The summed E-state index contributed by atoms with van der Waals surface area (Å²) >= 11 is 0. The molecule has 2 heterocycles. The largest absolute Gasteiger partial charge is 0.454 e. The second kappa shape index (κ2) is 16.8. The second-order valence-electron chi connectivity index (χ2n) is 18.8. The molecule has 6 rings (SSSR count). The van der Waals surface area contributed by atoms with Gasteiger partial charge in [-0.25, -0.2) is 0 Å². The van der Waals surface area contributed by atoms with Crippen LogP contribution >= 0.6 is 0 Å². The van der Waals surface area contributed by atoms with Crippen LogP contribution in [0, 0.1) is 46.3 Å². The average Bonchev–Trinajstić information content (AvgIpc) is 3.41. The van der Waals surface area contributed by atoms with Crippen LogP contribution in [0.3, 0.4) is 0 Å². The summed E-state index contributed by atoms with van der Waals surface area (Å²) in [7, 11) is 0. The van der Waals surface area contributed by atoms with Crippen molar-refractivity contribution in [3.05, 3.63) is 11.6 Å². The van der Waals surface area contributed by atoms with E-state index in [4.69, 9.17) is 23.7 Å². The van der Waals surface area contributed by atoms with Crippen molar-refractivity contribution in [2.24, 2.45) is 46.3 Å². The molecule has 6 aliphatic rings. The molecule has 21 atom stereocenters. The van der Waals surface area contributed by atoms with E-state index in [1.807, 2.05) is 0 Å². The zero-order valence-corrected chi connectivity index (χ0v) is 33.5. The lowest BCUT2D eigenvalue weighted by Gasteiger charge is -2.60. The number of ether oxygens (including phenoxy) is 5. The molecule has 2 aliphatic heterocycles. The standard InChI is InChI=1S/C41H68O14/c1-18(2)8-11-26(44)19(3)30-28(54-39-37(52-21(5)43)35(49)32(46)20(4)51-39)15-25-24-10-9-22-14-23(53-38-36(50)34(48)33(47)29(17-42)55-38)12-13-40(22,6)31(24)27(45)16-41(25,30)7/h9,18-20,23-39,42,44-50H,8,10-17H2,1-7H3/t19-,20+,23+,24+,25+,26+,27-,28+,29-,30+,31-,32+,33-,34+,35-,36-,37-,38-,39+,40+,41+/m1/s1. The van der Waals surface area contributed by atoms with Gasteiger partial charge in [-0.15, -0.1) is 0 Å². The normalized spacial score (nSPS) is 49.7. The van der Waals surface area contributed by atoms with Crippen LogP contribution in [0.5, 0.6) is 0 Å². The topological polar surface area (TPSA) is 225 Å². The summed E-state index contributed by atoms with van der Waals surface area (Å²) in [5.41, 5.74) is 0.376. The molecule has 0 spiro atoms. The van der Waals surface area contributed by atoms with Gasteiger partial charge in [0.15, 0.2) is 18.7 Å². The number of carbonyl (C=O) groups is 1. The highest BCUT2D eigenvalue weighted by Crippen LogP contribution is 2.68. The fourth-order valence-electron chi connectivity index (χ4n) is 12.0. The van der Waals surface area contributed by atoms with Crippen molar-refractivity contribution in [2.45, 2.75) is 186 Å². The number of hydrogen-bond donors (Lipinski definition) is 8. The Morgan fingerprint density at radius 2 is 1.65 bits per heavy atom. The minimum absolute atomic E-state index is 0.0731. The molecule has 0 radical (unpaired) electrons. The van der Waals surface area contributed by atoms with Crippen molar-refractivity contribution in [2.75, 3.05) is 6.61 Å². The monoisotopic (exact) mass is 784 g/mol. The smallest absolute Gasteiger partial charge is 0.303 e. The van der Waals surface area contributed by atoms with Gasteiger partial charge in [0.2, 0.25) is 0 Å². The fourth-order valence-corrected chi connectivity index (χ4v) is 12.0. The zero-order chi connectivity index (χ0) is 40.3. The minimum Gasteiger partial charge on any atom is -0.454 e. The minimum atomic E-state index is -1.52. The molecule has 3 saturated carbocycles. The van der Waals surface area contributed by atoms with Crippen molar-refractivity contribution >= 4 is 5.97 Å². The first-order valence-electron chi connectivity index (χ1n) is 20.7. The molecule has 0 aromatic heterocycles. The number of esters is 1. The number of aliphatic hydroxyl groups is 8. The van der Waals surface area contributed by atoms with Crippen molar-refractivity contribution in [1.82, 2.24) is 0 Å².